The van der Waals surface area contributed by atoms with E-state index in [1.807, 2.05) is 88.9 Å². The summed E-state index contributed by atoms with van der Waals surface area (Å²) in [6.07, 6.45) is 4.50. The van der Waals surface area contributed by atoms with Crippen LogP contribution in [0.2, 0.25) is 0 Å². The first-order valence-electron chi connectivity index (χ1n) is 18.0. The first-order chi connectivity index (χ1) is 24.6. The third-order valence-electron chi connectivity index (χ3n) is 9.69. The number of fused-ring (bicyclic) bond motifs is 1. The van der Waals surface area contributed by atoms with Gasteiger partial charge in [0.05, 0.1) is 41.6 Å². The highest BCUT2D eigenvalue weighted by molar-refractivity contribution is 7.59. The number of likely N-dealkylation sites (tertiary alicyclic amines) is 2. The summed E-state index contributed by atoms with van der Waals surface area (Å²) in [6, 6.07) is 13.4. The number of aromatic nitrogens is 4. The zero-order valence-corrected chi connectivity index (χ0v) is 35.5. The van der Waals surface area contributed by atoms with E-state index in [2.05, 4.69) is 33.4 Å². The molecule has 0 aliphatic carbocycles. The lowest BCUT2D eigenvalue weighted by Gasteiger charge is -2.33. The monoisotopic (exact) mass is 806 g/mol. The van der Waals surface area contributed by atoms with Crippen molar-refractivity contribution in [2.24, 2.45) is 5.41 Å². The number of nitrogens with one attached hydrogen (secondary N) is 2. The molecule has 14 heteroatoms. The molecule has 0 bridgehead atoms. The van der Waals surface area contributed by atoms with Gasteiger partial charge in [0.25, 0.3) is 0 Å². The highest BCUT2D eigenvalue weighted by atomic mass is 32.1. The lowest BCUT2D eigenvalue weighted by Crippen LogP contribution is -2.40. The molecule has 11 nitrogen and oxygen atoms in total. The van der Waals surface area contributed by atoms with Crippen LogP contribution in [0.1, 0.15) is 102 Å². The lowest BCUT2D eigenvalue weighted by molar-refractivity contribution is -0.00755. The molecule has 4 aromatic rings. The lowest BCUT2D eigenvalue weighted by atomic mass is 9.80. The predicted molar refractivity (Wildman–Crippen MR) is 229 cm³/mol. The third kappa shape index (κ3) is 10.0. The maximum absolute atomic E-state index is 13.4. The van der Waals surface area contributed by atoms with Crippen molar-refractivity contribution in [3.05, 3.63) is 83.6 Å². The van der Waals surface area contributed by atoms with Crippen LogP contribution in [0, 0.1) is 17.3 Å². The van der Waals surface area contributed by atoms with E-state index < -0.39 is 11.2 Å². The molecule has 2 aromatic heterocycles. The summed E-state index contributed by atoms with van der Waals surface area (Å²) in [5.41, 5.74) is 4.92. The van der Waals surface area contributed by atoms with Crippen LogP contribution in [0.3, 0.4) is 0 Å². The first kappa shape index (κ1) is 43.7. The minimum atomic E-state index is -0.594. The molecule has 3 atom stereocenters. The van der Waals surface area contributed by atoms with Crippen molar-refractivity contribution in [3.8, 4) is 23.1 Å². The zero-order chi connectivity index (χ0) is 36.8. The molecule has 0 saturated carbocycles. The van der Waals surface area contributed by atoms with Gasteiger partial charge in [0.15, 0.2) is 0 Å². The molecular weight excluding hydrogens is 753 g/mol. The maximum Gasteiger partial charge on any atom is 0.411 e. The SMILES string of the molecule is C=C1C[C@@H](c2ncc(-c3ccc(C#Cc4ccc5nc([C@@H]6C[C@@]7(CCCOC7)CN6C(=O)OC(C)(C)C)[nH]c5c4)cc3)[nH]2)N(C(=O)OC(C)(C)C)C1.S.S.S. The van der Waals surface area contributed by atoms with Gasteiger partial charge < -0.3 is 24.2 Å². The van der Waals surface area contributed by atoms with Crippen LogP contribution >= 0.6 is 40.5 Å². The van der Waals surface area contributed by atoms with E-state index in [4.69, 9.17) is 19.2 Å². The van der Waals surface area contributed by atoms with E-state index in [-0.39, 0.29) is 70.2 Å². The number of carbonyl (C=O) groups is 2. The Hall–Kier alpha value is -4.03. The normalized spacial score (nSPS) is 20.9. The molecule has 1 spiro atoms. The molecule has 0 unspecified atom stereocenters. The van der Waals surface area contributed by atoms with Crippen LogP contribution < -0.4 is 0 Å². The van der Waals surface area contributed by atoms with Crippen molar-refractivity contribution in [1.29, 1.82) is 0 Å². The largest absolute Gasteiger partial charge is 0.444 e. The summed E-state index contributed by atoms with van der Waals surface area (Å²) in [4.78, 5) is 46.3. The fourth-order valence-corrected chi connectivity index (χ4v) is 7.36. The van der Waals surface area contributed by atoms with Gasteiger partial charge in [-0.15, -0.1) is 0 Å². The second-order valence-corrected chi connectivity index (χ2v) is 16.4. The molecule has 3 aliphatic rings. The summed E-state index contributed by atoms with van der Waals surface area (Å²) in [6.45, 7) is 17.8. The number of hydrogen-bond acceptors (Lipinski definition) is 7. The number of carbonyl (C=O) groups excluding carboxylic acids is 2. The quantitative estimate of drug-likeness (QED) is 0.157. The zero-order valence-electron chi connectivity index (χ0n) is 32.5. The second-order valence-electron chi connectivity index (χ2n) is 16.4. The fourth-order valence-electron chi connectivity index (χ4n) is 7.36. The van der Waals surface area contributed by atoms with E-state index in [1.165, 1.54) is 0 Å². The van der Waals surface area contributed by atoms with Crippen molar-refractivity contribution < 1.29 is 23.8 Å². The minimum absolute atomic E-state index is 0. The molecule has 3 fully saturated rings. The standard InChI is InChI=1S/C41H48N6O5.3H2S/c1-26-19-33(46(23-26)37(48)51-39(2,3)4)35-42-22-32(45-35)29-14-11-27(12-15-29)9-10-28-13-16-30-31(20-28)44-36(43-30)34-21-41(17-8-18-50-25-41)24-47(34)38(49)52-40(5,6)7;;;/h11-16,20,22,33-34H,1,8,17-19,21,23-25H2,2-7H3,(H,42,45)(H,43,44);3*1H2/t33-,34-,41-;;;/m0.../s1. The van der Waals surface area contributed by atoms with Crippen LogP contribution in [-0.2, 0) is 14.2 Å². The Morgan fingerprint density at radius 2 is 1.55 bits per heavy atom. The van der Waals surface area contributed by atoms with Crippen molar-refractivity contribution in [3.63, 3.8) is 0 Å². The van der Waals surface area contributed by atoms with Crippen molar-refractivity contribution in [1.82, 2.24) is 29.7 Å². The Bertz CT molecular complexity index is 2070. The average Bonchev–Trinajstić information content (AvgIpc) is 3.87. The van der Waals surface area contributed by atoms with Crippen LogP contribution in [0.15, 0.2) is 60.8 Å². The van der Waals surface area contributed by atoms with E-state index in [9.17, 15) is 9.59 Å². The van der Waals surface area contributed by atoms with Crippen LogP contribution in [0.5, 0.6) is 0 Å². The average molecular weight is 807 g/mol. The molecule has 7 rings (SSSR count). The molecule has 0 radical (unpaired) electrons. The predicted octanol–water partition coefficient (Wildman–Crippen LogP) is 8.41. The number of nitrogens with zero attached hydrogens (tertiary/aromatic N) is 4. The maximum atomic E-state index is 13.4. The summed E-state index contributed by atoms with van der Waals surface area (Å²) >= 11 is 0. The first-order valence-corrected chi connectivity index (χ1v) is 18.0. The minimum Gasteiger partial charge on any atom is -0.444 e. The molecule has 2 amide bonds. The Labute approximate surface area is 344 Å². The van der Waals surface area contributed by atoms with E-state index >= 15 is 0 Å². The number of ether oxygens (including phenoxy) is 3. The molecule has 5 heterocycles. The Kier molecular flexibility index (Phi) is 13.5. The molecule has 3 aliphatic heterocycles. The Morgan fingerprint density at radius 1 is 0.891 bits per heavy atom. The highest BCUT2D eigenvalue weighted by Crippen LogP contribution is 2.47. The van der Waals surface area contributed by atoms with Gasteiger partial charge in [-0.1, -0.05) is 36.1 Å². The fraction of sp³-hybridized carbons (Fsp3) is 0.463. The molecule has 296 valence electrons. The van der Waals surface area contributed by atoms with Gasteiger partial charge in [0.1, 0.15) is 22.9 Å². The molecule has 55 heavy (non-hydrogen) atoms. The summed E-state index contributed by atoms with van der Waals surface area (Å²) in [5, 5.41) is 0. The Balaban J connectivity index is 0.00000224. The highest BCUT2D eigenvalue weighted by Gasteiger charge is 2.49. The second kappa shape index (κ2) is 17.0. The summed E-state index contributed by atoms with van der Waals surface area (Å²) in [7, 11) is 0. The number of H-pyrrole nitrogens is 2. The number of rotatable bonds is 3. The van der Waals surface area contributed by atoms with Crippen LogP contribution in [0.25, 0.3) is 22.3 Å². The number of amides is 2. The van der Waals surface area contributed by atoms with Crippen molar-refractivity contribution in [2.45, 2.75) is 90.5 Å². The number of imidazole rings is 2. The topological polar surface area (TPSA) is 126 Å². The van der Waals surface area contributed by atoms with E-state index in [1.54, 1.807) is 11.1 Å². The summed E-state index contributed by atoms with van der Waals surface area (Å²) in [5.74, 6) is 8.02. The number of benzene rings is 2. The van der Waals surface area contributed by atoms with Gasteiger partial charge in [0.2, 0.25) is 0 Å². The van der Waals surface area contributed by atoms with E-state index in [0.29, 0.717) is 31.9 Å². The third-order valence-corrected chi connectivity index (χ3v) is 9.69. The van der Waals surface area contributed by atoms with Crippen LogP contribution in [0.4, 0.5) is 9.59 Å². The smallest absolute Gasteiger partial charge is 0.411 e. The summed E-state index contributed by atoms with van der Waals surface area (Å²) < 4.78 is 17.3. The van der Waals surface area contributed by atoms with Gasteiger partial charge in [-0.2, -0.15) is 40.5 Å². The van der Waals surface area contributed by atoms with Crippen LogP contribution in [-0.4, -0.2) is 79.4 Å². The van der Waals surface area contributed by atoms with Gasteiger partial charge in [-0.05, 0) is 103 Å². The van der Waals surface area contributed by atoms with Crippen molar-refractivity contribution >= 4 is 63.7 Å². The number of aromatic amines is 2. The van der Waals surface area contributed by atoms with Gasteiger partial charge in [-0.3, -0.25) is 9.80 Å². The Morgan fingerprint density at radius 3 is 2.20 bits per heavy atom. The number of hydrogen-bond donors (Lipinski definition) is 2. The van der Waals surface area contributed by atoms with Gasteiger partial charge in [0, 0.05) is 36.2 Å². The molecule has 3 saturated heterocycles. The molecule has 2 N–H and O–H groups in total. The van der Waals surface area contributed by atoms with Crippen molar-refractivity contribution in [2.75, 3.05) is 26.3 Å². The van der Waals surface area contributed by atoms with Gasteiger partial charge in [-0.25, -0.2) is 19.6 Å². The molecular formula is C41H54N6O5S3. The molecule has 2 aromatic carbocycles. The van der Waals surface area contributed by atoms with Gasteiger partial charge >= 0.3 is 12.2 Å². The van der Waals surface area contributed by atoms with E-state index in [0.717, 1.165) is 70.7 Å².